The van der Waals surface area contributed by atoms with E-state index in [1.165, 1.54) is 19.3 Å². The molecule has 30 heavy (non-hydrogen) atoms. The van der Waals surface area contributed by atoms with Crippen LogP contribution in [0.2, 0.25) is 0 Å². The van der Waals surface area contributed by atoms with Crippen LogP contribution in [0, 0.1) is 35.5 Å². The number of hydrogen-bond acceptors (Lipinski definition) is 4. The second-order valence-corrected chi connectivity index (χ2v) is 10.5. The number of halogens is 3. The summed E-state index contributed by atoms with van der Waals surface area (Å²) in [5.41, 5.74) is 6.64. The molecule has 8 heteroatoms. The number of hydrogen-bond donors (Lipinski definition) is 2. The Hall–Kier alpha value is -0.860. The van der Waals surface area contributed by atoms with Crippen LogP contribution < -0.4 is 10.9 Å². The molecule has 5 rings (SSSR count). The van der Waals surface area contributed by atoms with Gasteiger partial charge in [0.05, 0.1) is 18.8 Å². The zero-order chi connectivity index (χ0) is 21.0. The standard InChI is InChI=1S/C22H35F3N4O/c1-28-12-26-27-20(28)16-9-8-15(16)13-4-2-5-14(10-13)29-11-18-17(21(29)30)6-3-7-19(18)22(23,24)25/h13-20,26-27H,2-12H2,1H3/t13?,14?,15-,16-,17?,18?,19?,20?/m1/s1. The lowest BCUT2D eigenvalue weighted by molar-refractivity contribution is -0.198. The molecule has 0 bridgehead atoms. The van der Waals surface area contributed by atoms with Crippen molar-refractivity contribution in [2.75, 3.05) is 20.3 Å². The first-order valence-corrected chi connectivity index (χ1v) is 11.9. The van der Waals surface area contributed by atoms with Crippen LogP contribution >= 0.6 is 0 Å². The number of nitrogens with one attached hydrogen (secondary N) is 2. The van der Waals surface area contributed by atoms with Gasteiger partial charge in [-0.15, -0.1) is 0 Å². The molecule has 2 N–H and O–H groups in total. The minimum atomic E-state index is -4.18. The Kier molecular flexibility index (Phi) is 5.55. The zero-order valence-electron chi connectivity index (χ0n) is 17.8. The van der Waals surface area contributed by atoms with Crippen molar-refractivity contribution in [3.05, 3.63) is 0 Å². The summed E-state index contributed by atoms with van der Waals surface area (Å²) >= 11 is 0. The molecular formula is C22H35F3N4O. The first kappa shape index (κ1) is 21.0. The Morgan fingerprint density at radius 2 is 1.73 bits per heavy atom. The molecule has 5 aliphatic rings. The lowest BCUT2D eigenvalue weighted by Crippen LogP contribution is -2.52. The van der Waals surface area contributed by atoms with Crippen LogP contribution in [0.4, 0.5) is 13.2 Å². The summed E-state index contributed by atoms with van der Waals surface area (Å²) in [5, 5.41) is 0. The Labute approximate surface area is 177 Å². The van der Waals surface area contributed by atoms with E-state index >= 15 is 0 Å². The lowest BCUT2D eigenvalue weighted by Gasteiger charge is -2.49. The highest BCUT2D eigenvalue weighted by Crippen LogP contribution is 2.51. The largest absolute Gasteiger partial charge is 0.392 e. The van der Waals surface area contributed by atoms with Crippen LogP contribution in [0.5, 0.6) is 0 Å². The van der Waals surface area contributed by atoms with Gasteiger partial charge in [0.1, 0.15) is 0 Å². The maximum Gasteiger partial charge on any atom is 0.392 e. The van der Waals surface area contributed by atoms with Crippen molar-refractivity contribution in [3.63, 3.8) is 0 Å². The summed E-state index contributed by atoms with van der Waals surface area (Å²) in [7, 11) is 2.14. The van der Waals surface area contributed by atoms with Crippen LogP contribution in [0.15, 0.2) is 0 Å². The second-order valence-electron chi connectivity index (χ2n) is 10.5. The van der Waals surface area contributed by atoms with E-state index in [0.29, 0.717) is 43.3 Å². The molecule has 0 spiro atoms. The third-order valence-electron chi connectivity index (χ3n) is 9.07. The predicted octanol–water partition coefficient (Wildman–Crippen LogP) is 3.33. The zero-order valence-corrected chi connectivity index (χ0v) is 17.8. The molecule has 2 aliphatic heterocycles. The molecule has 1 amide bonds. The molecular weight excluding hydrogens is 393 g/mol. The SMILES string of the molecule is CN1CNNC1[C@@H]1CC[C@@H]1C1CCCC(N2CC3C(CCCC3C(F)(F)F)C2=O)C1. The summed E-state index contributed by atoms with van der Waals surface area (Å²) in [6.45, 7) is 1.18. The molecule has 0 aromatic rings. The highest BCUT2D eigenvalue weighted by atomic mass is 19.4. The van der Waals surface area contributed by atoms with Crippen molar-refractivity contribution in [1.29, 1.82) is 0 Å². The molecule has 5 nitrogen and oxygen atoms in total. The first-order valence-electron chi connectivity index (χ1n) is 11.9. The van der Waals surface area contributed by atoms with Gasteiger partial charge in [-0.25, -0.2) is 10.9 Å². The number of alkyl halides is 3. The van der Waals surface area contributed by atoms with Gasteiger partial charge >= 0.3 is 6.18 Å². The van der Waals surface area contributed by atoms with Gasteiger partial charge in [0.2, 0.25) is 5.91 Å². The van der Waals surface area contributed by atoms with E-state index in [2.05, 4.69) is 22.8 Å². The molecule has 5 fully saturated rings. The van der Waals surface area contributed by atoms with E-state index in [9.17, 15) is 18.0 Å². The number of carbonyl (C=O) groups excluding carboxylic acids is 1. The fraction of sp³-hybridized carbons (Fsp3) is 0.955. The quantitative estimate of drug-likeness (QED) is 0.724. The van der Waals surface area contributed by atoms with Gasteiger partial charge in [-0.2, -0.15) is 13.2 Å². The number of amides is 1. The van der Waals surface area contributed by atoms with Gasteiger partial charge in [-0.3, -0.25) is 9.69 Å². The number of fused-ring (bicyclic) bond motifs is 1. The monoisotopic (exact) mass is 428 g/mol. The van der Waals surface area contributed by atoms with Crippen LogP contribution in [0.1, 0.15) is 57.8 Å². The third kappa shape index (κ3) is 3.56. The molecule has 2 heterocycles. The van der Waals surface area contributed by atoms with Crippen LogP contribution in [-0.2, 0) is 4.79 Å². The van der Waals surface area contributed by atoms with E-state index in [1.54, 1.807) is 0 Å². The minimum Gasteiger partial charge on any atom is -0.339 e. The van der Waals surface area contributed by atoms with E-state index in [4.69, 9.17) is 0 Å². The van der Waals surface area contributed by atoms with Gasteiger partial charge in [0.15, 0.2) is 0 Å². The average Bonchev–Trinajstić information content (AvgIpc) is 3.24. The molecule has 2 saturated heterocycles. The van der Waals surface area contributed by atoms with E-state index < -0.39 is 23.9 Å². The topological polar surface area (TPSA) is 47.6 Å². The second kappa shape index (κ2) is 7.93. The number of hydrazine groups is 1. The molecule has 3 saturated carbocycles. The number of likely N-dealkylation sites (tertiary alicyclic amines) is 1. The van der Waals surface area contributed by atoms with Crippen LogP contribution in [-0.4, -0.2) is 54.4 Å². The average molecular weight is 429 g/mol. The number of nitrogens with zero attached hydrogens (tertiary/aromatic N) is 2. The van der Waals surface area contributed by atoms with Crippen molar-refractivity contribution in [2.24, 2.45) is 35.5 Å². The van der Waals surface area contributed by atoms with E-state index in [-0.39, 0.29) is 18.4 Å². The van der Waals surface area contributed by atoms with Crippen LogP contribution in [0.3, 0.4) is 0 Å². The Bertz CT molecular complexity index is 659. The van der Waals surface area contributed by atoms with Gasteiger partial charge < -0.3 is 4.90 Å². The lowest BCUT2D eigenvalue weighted by atomic mass is 9.61. The van der Waals surface area contributed by atoms with Crippen molar-refractivity contribution in [1.82, 2.24) is 20.7 Å². The van der Waals surface area contributed by atoms with Gasteiger partial charge in [0.25, 0.3) is 0 Å². The highest BCUT2D eigenvalue weighted by molar-refractivity contribution is 5.82. The van der Waals surface area contributed by atoms with E-state index in [1.807, 2.05) is 4.90 Å². The summed E-state index contributed by atoms with van der Waals surface area (Å²) in [6, 6.07) is 0.143. The fourth-order valence-electron chi connectivity index (χ4n) is 7.41. The smallest absolute Gasteiger partial charge is 0.339 e. The van der Waals surface area contributed by atoms with Crippen molar-refractivity contribution < 1.29 is 18.0 Å². The highest BCUT2D eigenvalue weighted by Gasteiger charge is 2.56. The first-order chi connectivity index (χ1) is 14.3. The van der Waals surface area contributed by atoms with Gasteiger partial charge in [0, 0.05) is 18.5 Å². The normalized spacial score (nSPS) is 45.5. The Morgan fingerprint density at radius 1 is 0.967 bits per heavy atom. The minimum absolute atomic E-state index is 0.0196. The third-order valence-corrected chi connectivity index (χ3v) is 9.07. The number of rotatable bonds is 3. The maximum absolute atomic E-state index is 13.6. The van der Waals surface area contributed by atoms with Crippen molar-refractivity contribution in [3.8, 4) is 0 Å². The molecule has 0 aromatic heterocycles. The van der Waals surface area contributed by atoms with Gasteiger partial charge in [-0.05, 0) is 69.2 Å². The molecule has 170 valence electrons. The summed E-state index contributed by atoms with van der Waals surface area (Å²) < 4.78 is 40.7. The Balaban J connectivity index is 1.26. The van der Waals surface area contributed by atoms with E-state index in [0.717, 1.165) is 25.9 Å². The summed E-state index contributed by atoms with van der Waals surface area (Å²) in [4.78, 5) is 17.3. The van der Waals surface area contributed by atoms with Crippen molar-refractivity contribution >= 4 is 5.91 Å². The molecule has 6 unspecified atom stereocenters. The molecule has 3 aliphatic carbocycles. The molecule has 8 atom stereocenters. The predicted molar refractivity (Wildman–Crippen MR) is 107 cm³/mol. The number of carbonyl (C=O) groups is 1. The molecule has 0 aromatic carbocycles. The van der Waals surface area contributed by atoms with Crippen LogP contribution in [0.25, 0.3) is 0 Å². The summed E-state index contributed by atoms with van der Waals surface area (Å²) in [6.07, 6.45) is 4.24. The Morgan fingerprint density at radius 3 is 2.40 bits per heavy atom. The molecule has 0 radical (unpaired) electrons. The fourth-order valence-corrected chi connectivity index (χ4v) is 7.41. The van der Waals surface area contributed by atoms with Gasteiger partial charge in [-0.1, -0.05) is 19.3 Å². The van der Waals surface area contributed by atoms with Crippen molar-refractivity contribution in [2.45, 2.75) is 76.2 Å². The maximum atomic E-state index is 13.6. The summed E-state index contributed by atoms with van der Waals surface area (Å²) in [5.74, 6) is -0.318.